The molecule has 214 valence electrons. The van der Waals surface area contributed by atoms with Gasteiger partial charge in [0.25, 0.3) is 0 Å². The third-order valence-electron chi connectivity index (χ3n) is 6.60. The summed E-state index contributed by atoms with van der Waals surface area (Å²) in [6.07, 6.45) is 0.523. The number of aliphatic hydroxyl groups is 1. The van der Waals surface area contributed by atoms with Crippen molar-refractivity contribution in [1.82, 2.24) is 20.9 Å². The molecule has 10 N–H and O–H groups in total. The maximum absolute atomic E-state index is 13.2. The summed E-state index contributed by atoms with van der Waals surface area (Å²) in [5, 5.41) is 27.7. The van der Waals surface area contributed by atoms with Gasteiger partial charge in [0.15, 0.2) is 0 Å². The van der Waals surface area contributed by atoms with Gasteiger partial charge in [-0.25, -0.2) is 4.79 Å². The highest BCUT2D eigenvalue weighted by Gasteiger charge is 2.34. The van der Waals surface area contributed by atoms with E-state index in [4.69, 9.17) is 11.5 Å². The van der Waals surface area contributed by atoms with Gasteiger partial charge in [-0.1, -0.05) is 38.5 Å². The zero-order valence-electron chi connectivity index (χ0n) is 22.3. The summed E-state index contributed by atoms with van der Waals surface area (Å²) in [5.74, 6) is -4.81. The molecule has 0 fully saturated rings. The standard InChI is InChI=1S/C26H38N6O7/c1-4-13(2)21(31-23(35)17(27)11-15-12-29-18-8-6-5-7-16(15)18)24(36)32-22(14(3)33)25(37)30-19(26(38)39)9-10-20(28)34/h5-8,12-14,17,19,21-22,29,33H,4,9-11,27H2,1-3H3,(H2,28,34)(H,30,37)(H,31,35)(H,32,36)(H,38,39). The summed E-state index contributed by atoms with van der Waals surface area (Å²) in [4.78, 5) is 64.6. The minimum absolute atomic E-state index is 0.214. The first-order valence-corrected chi connectivity index (χ1v) is 12.8. The van der Waals surface area contributed by atoms with Crippen molar-refractivity contribution >= 4 is 40.5 Å². The third kappa shape index (κ3) is 8.79. The Hall–Kier alpha value is -3.97. The number of carboxylic acids is 1. The van der Waals surface area contributed by atoms with Gasteiger partial charge < -0.3 is 42.6 Å². The van der Waals surface area contributed by atoms with Crippen molar-refractivity contribution in [3.8, 4) is 0 Å². The van der Waals surface area contributed by atoms with E-state index in [9.17, 15) is 34.2 Å². The van der Waals surface area contributed by atoms with Crippen molar-refractivity contribution in [3.63, 3.8) is 0 Å². The minimum atomic E-state index is -1.53. The highest BCUT2D eigenvalue weighted by atomic mass is 16.4. The van der Waals surface area contributed by atoms with Crippen molar-refractivity contribution in [3.05, 3.63) is 36.0 Å². The number of carbonyl (C=O) groups excluding carboxylic acids is 4. The molecular formula is C26H38N6O7. The van der Waals surface area contributed by atoms with Gasteiger partial charge in [-0.3, -0.25) is 19.2 Å². The molecule has 0 spiro atoms. The summed E-state index contributed by atoms with van der Waals surface area (Å²) in [6.45, 7) is 4.80. The van der Waals surface area contributed by atoms with Crippen LogP contribution in [0, 0.1) is 5.92 Å². The molecule has 0 aliphatic carbocycles. The Kier molecular flexibility index (Phi) is 11.4. The number of benzene rings is 1. The predicted octanol–water partition coefficient (Wildman–Crippen LogP) is -0.731. The average Bonchev–Trinajstić information content (AvgIpc) is 3.29. The predicted molar refractivity (Wildman–Crippen MR) is 143 cm³/mol. The van der Waals surface area contributed by atoms with Crippen LogP contribution >= 0.6 is 0 Å². The third-order valence-corrected chi connectivity index (χ3v) is 6.60. The lowest BCUT2D eigenvalue weighted by Gasteiger charge is -2.29. The Morgan fingerprint density at radius 2 is 1.59 bits per heavy atom. The molecule has 0 saturated carbocycles. The molecule has 6 atom stereocenters. The SMILES string of the molecule is CCC(C)C(NC(=O)C(N)Cc1c[nH]c2ccccc12)C(=O)NC(C(=O)NC(CCC(N)=O)C(=O)O)C(C)O. The number of nitrogens with two attached hydrogens (primary N) is 2. The number of H-pyrrole nitrogens is 1. The fourth-order valence-corrected chi connectivity index (χ4v) is 4.05. The number of carboxylic acid groups (broad SMARTS) is 1. The van der Waals surface area contributed by atoms with Crippen LogP contribution in [0.3, 0.4) is 0 Å². The van der Waals surface area contributed by atoms with Crippen molar-refractivity contribution in [2.24, 2.45) is 17.4 Å². The summed E-state index contributed by atoms with van der Waals surface area (Å²) in [5.41, 5.74) is 13.0. The number of aliphatic carboxylic acids is 1. The number of hydrogen-bond donors (Lipinski definition) is 8. The molecule has 0 radical (unpaired) electrons. The van der Waals surface area contributed by atoms with E-state index in [2.05, 4.69) is 20.9 Å². The van der Waals surface area contributed by atoms with E-state index in [0.717, 1.165) is 16.5 Å². The number of amides is 4. The molecule has 39 heavy (non-hydrogen) atoms. The maximum Gasteiger partial charge on any atom is 0.326 e. The van der Waals surface area contributed by atoms with Crippen LogP contribution < -0.4 is 27.4 Å². The lowest BCUT2D eigenvalue weighted by molar-refractivity contribution is -0.143. The van der Waals surface area contributed by atoms with Crippen LogP contribution in [0.4, 0.5) is 0 Å². The normalized spacial score (nSPS) is 15.8. The summed E-state index contributed by atoms with van der Waals surface area (Å²) in [6, 6.07) is 2.52. The number of rotatable bonds is 15. The molecule has 1 heterocycles. The zero-order chi connectivity index (χ0) is 29.3. The number of fused-ring (bicyclic) bond motifs is 1. The number of carbonyl (C=O) groups is 5. The Bertz CT molecular complexity index is 1180. The number of aromatic amines is 1. The largest absolute Gasteiger partial charge is 0.480 e. The summed E-state index contributed by atoms with van der Waals surface area (Å²) in [7, 11) is 0. The zero-order valence-corrected chi connectivity index (χ0v) is 22.3. The van der Waals surface area contributed by atoms with Crippen LogP contribution in [-0.2, 0) is 30.4 Å². The Labute approximate surface area is 226 Å². The van der Waals surface area contributed by atoms with Gasteiger partial charge >= 0.3 is 5.97 Å². The highest BCUT2D eigenvalue weighted by molar-refractivity contribution is 5.95. The van der Waals surface area contributed by atoms with Gasteiger partial charge in [0, 0.05) is 23.5 Å². The summed E-state index contributed by atoms with van der Waals surface area (Å²) >= 11 is 0. The minimum Gasteiger partial charge on any atom is -0.480 e. The van der Waals surface area contributed by atoms with E-state index >= 15 is 0 Å². The molecular weight excluding hydrogens is 508 g/mol. The maximum atomic E-state index is 13.2. The van der Waals surface area contributed by atoms with Crippen LogP contribution in [0.5, 0.6) is 0 Å². The van der Waals surface area contributed by atoms with Crippen LogP contribution in [0.1, 0.15) is 45.6 Å². The quantitative estimate of drug-likeness (QED) is 0.142. The van der Waals surface area contributed by atoms with Crippen LogP contribution in [-0.4, -0.2) is 75.1 Å². The van der Waals surface area contributed by atoms with Gasteiger partial charge in [-0.15, -0.1) is 0 Å². The highest BCUT2D eigenvalue weighted by Crippen LogP contribution is 2.19. The van der Waals surface area contributed by atoms with E-state index in [1.54, 1.807) is 13.1 Å². The van der Waals surface area contributed by atoms with Crippen molar-refractivity contribution < 1.29 is 34.2 Å². The molecule has 13 heteroatoms. The topological polar surface area (TPSA) is 230 Å². The second-order valence-electron chi connectivity index (χ2n) is 9.67. The fraction of sp³-hybridized carbons (Fsp3) is 0.500. The fourth-order valence-electron chi connectivity index (χ4n) is 4.05. The van der Waals surface area contributed by atoms with E-state index in [-0.39, 0.29) is 25.2 Å². The number of primary amides is 1. The Morgan fingerprint density at radius 1 is 0.974 bits per heavy atom. The summed E-state index contributed by atoms with van der Waals surface area (Å²) < 4.78 is 0. The van der Waals surface area contributed by atoms with Crippen molar-refractivity contribution in [1.29, 1.82) is 0 Å². The lowest BCUT2D eigenvalue weighted by atomic mass is 9.96. The molecule has 0 saturated heterocycles. The van der Waals surface area contributed by atoms with Crippen LogP contribution in [0.2, 0.25) is 0 Å². The molecule has 2 aromatic rings. The monoisotopic (exact) mass is 546 g/mol. The molecule has 4 amide bonds. The molecule has 6 unspecified atom stereocenters. The van der Waals surface area contributed by atoms with Gasteiger partial charge in [-0.2, -0.15) is 0 Å². The number of aliphatic hydroxyl groups excluding tert-OH is 1. The van der Waals surface area contributed by atoms with Crippen LogP contribution in [0.15, 0.2) is 30.5 Å². The van der Waals surface area contributed by atoms with Crippen molar-refractivity contribution in [2.75, 3.05) is 0 Å². The lowest BCUT2D eigenvalue weighted by Crippen LogP contribution is -2.61. The van der Waals surface area contributed by atoms with Gasteiger partial charge in [-0.05, 0) is 37.3 Å². The van der Waals surface area contributed by atoms with Gasteiger partial charge in [0.05, 0.1) is 12.1 Å². The molecule has 0 aliphatic heterocycles. The molecule has 1 aromatic carbocycles. The Morgan fingerprint density at radius 3 is 2.18 bits per heavy atom. The molecule has 0 aliphatic rings. The molecule has 13 nitrogen and oxygen atoms in total. The van der Waals surface area contributed by atoms with E-state index in [0.29, 0.717) is 6.42 Å². The first-order chi connectivity index (χ1) is 18.3. The molecule has 0 bridgehead atoms. The van der Waals surface area contributed by atoms with Crippen LogP contribution in [0.25, 0.3) is 10.9 Å². The number of hydrogen-bond acceptors (Lipinski definition) is 7. The second kappa shape index (κ2) is 14.3. The number of aromatic nitrogens is 1. The molecule has 2 rings (SSSR count). The Balaban J connectivity index is 2.12. The first kappa shape index (κ1) is 31.2. The van der Waals surface area contributed by atoms with Gasteiger partial charge in [0.2, 0.25) is 23.6 Å². The van der Waals surface area contributed by atoms with E-state index in [1.165, 1.54) is 6.92 Å². The number of para-hydroxylation sites is 1. The van der Waals surface area contributed by atoms with E-state index in [1.807, 2.05) is 31.2 Å². The molecule has 1 aromatic heterocycles. The van der Waals surface area contributed by atoms with E-state index < -0.39 is 59.9 Å². The first-order valence-electron chi connectivity index (χ1n) is 12.8. The number of nitrogens with one attached hydrogen (secondary N) is 4. The van der Waals surface area contributed by atoms with Crippen molar-refractivity contribution in [2.45, 2.75) is 76.7 Å². The van der Waals surface area contributed by atoms with Gasteiger partial charge in [0.1, 0.15) is 18.1 Å². The second-order valence-corrected chi connectivity index (χ2v) is 9.67. The smallest absolute Gasteiger partial charge is 0.326 e. The average molecular weight is 547 g/mol.